The van der Waals surface area contributed by atoms with Gasteiger partial charge in [-0.2, -0.15) is 0 Å². The van der Waals surface area contributed by atoms with Crippen molar-refractivity contribution in [2.45, 2.75) is 13.8 Å². The summed E-state index contributed by atoms with van der Waals surface area (Å²) in [5, 5.41) is 0.819. The topological polar surface area (TPSA) is 0 Å². The lowest BCUT2D eigenvalue weighted by atomic mass is 10.1. The molecule has 0 heterocycles. The Balaban J connectivity index is 3.40. The Morgan fingerprint density at radius 1 is 1.27 bits per heavy atom. The van der Waals surface area contributed by atoms with E-state index >= 15 is 0 Å². The van der Waals surface area contributed by atoms with Gasteiger partial charge in [0.2, 0.25) is 0 Å². The maximum Gasteiger partial charge on any atom is 0.0509 e. The molecule has 1 aromatic rings. The SMILES string of the molecule is C=Cc1c(C)ccc(C)c1Cl. The highest BCUT2D eigenvalue weighted by Crippen LogP contribution is 2.24. The summed E-state index contributed by atoms with van der Waals surface area (Å²) in [5.74, 6) is 0. The first-order valence-corrected chi connectivity index (χ1v) is 3.92. The molecule has 0 saturated heterocycles. The van der Waals surface area contributed by atoms with Crippen LogP contribution in [0.5, 0.6) is 0 Å². The molecular formula is C10H11Cl. The van der Waals surface area contributed by atoms with Gasteiger partial charge in [-0.25, -0.2) is 0 Å². The maximum atomic E-state index is 6.03. The first kappa shape index (κ1) is 8.35. The lowest BCUT2D eigenvalue weighted by Gasteiger charge is -2.05. The summed E-state index contributed by atoms with van der Waals surface area (Å²) >= 11 is 6.03. The van der Waals surface area contributed by atoms with Crippen molar-refractivity contribution in [1.29, 1.82) is 0 Å². The number of hydrogen-bond acceptors (Lipinski definition) is 0. The van der Waals surface area contributed by atoms with Crippen LogP contribution < -0.4 is 0 Å². The third-order valence-corrected chi connectivity index (χ3v) is 2.30. The predicted octanol–water partition coefficient (Wildman–Crippen LogP) is 3.60. The first-order chi connectivity index (χ1) is 5.16. The van der Waals surface area contributed by atoms with E-state index in [1.165, 1.54) is 5.56 Å². The summed E-state index contributed by atoms with van der Waals surface area (Å²) in [4.78, 5) is 0. The molecule has 0 amide bonds. The van der Waals surface area contributed by atoms with Crippen LogP contribution in [0.15, 0.2) is 18.7 Å². The van der Waals surface area contributed by atoms with E-state index in [4.69, 9.17) is 11.6 Å². The van der Waals surface area contributed by atoms with Crippen molar-refractivity contribution in [3.05, 3.63) is 40.4 Å². The Bertz CT molecular complexity index is 287. The summed E-state index contributed by atoms with van der Waals surface area (Å²) < 4.78 is 0. The Morgan fingerprint density at radius 2 is 1.82 bits per heavy atom. The number of rotatable bonds is 1. The van der Waals surface area contributed by atoms with Crippen LogP contribution in [-0.2, 0) is 0 Å². The average molecular weight is 167 g/mol. The smallest absolute Gasteiger partial charge is 0.0509 e. The van der Waals surface area contributed by atoms with E-state index in [0.717, 1.165) is 16.1 Å². The normalized spacial score (nSPS) is 9.73. The lowest BCUT2D eigenvalue weighted by Crippen LogP contribution is -1.84. The van der Waals surface area contributed by atoms with Gasteiger partial charge < -0.3 is 0 Å². The monoisotopic (exact) mass is 166 g/mol. The van der Waals surface area contributed by atoms with Crippen molar-refractivity contribution in [2.24, 2.45) is 0 Å². The zero-order chi connectivity index (χ0) is 8.43. The van der Waals surface area contributed by atoms with Gasteiger partial charge in [0, 0.05) is 0 Å². The van der Waals surface area contributed by atoms with E-state index in [0.29, 0.717) is 0 Å². The second-order valence-electron chi connectivity index (χ2n) is 2.63. The average Bonchev–Trinajstić information content (AvgIpc) is 1.99. The van der Waals surface area contributed by atoms with Gasteiger partial charge in [0.25, 0.3) is 0 Å². The second kappa shape index (κ2) is 3.10. The number of aryl methyl sites for hydroxylation is 2. The molecule has 58 valence electrons. The van der Waals surface area contributed by atoms with Gasteiger partial charge in [-0.1, -0.05) is 36.4 Å². The molecule has 0 fully saturated rings. The fourth-order valence-electron chi connectivity index (χ4n) is 1.05. The molecule has 1 heteroatoms. The molecule has 11 heavy (non-hydrogen) atoms. The highest BCUT2D eigenvalue weighted by atomic mass is 35.5. The molecule has 0 saturated carbocycles. The van der Waals surface area contributed by atoms with Gasteiger partial charge in [0.1, 0.15) is 0 Å². The van der Waals surface area contributed by atoms with E-state index in [9.17, 15) is 0 Å². The highest BCUT2D eigenvalue weighted by Gasteiger charge is 2.01. The molecule has 0 aliphatic rings. The van der Waals surface area contributed by atoms with E-state index in [1.54, 1.807) is 6.08 Å². The van der Waals surface area contributed by atoms with Gasteiger partial charge in [0.15, 0.2) is 0 Å². The van der Waals surface area contributed by atoms with Crippen LogP contribution in [-0.4, -0.2) is 0 Å². The quantitative estimate of drug-likeness (QED) is 0.598. The van der Waals surface area contributed by atoms with Crippen LogP contribution in [0.25, 0.3) is 6.08 Å². The summed E-state index contributed by atoms with van der Waals surface area (Å²) in [6.45, 7) is 7.73. The van der Waals surface area contributed by atoms with Gasteiger partial charge >= 0.3 is 0 Å². The van der Waals surface area contributed by atoms with Gasteiger partial charge in [-0.15, -0.1) is 0 Å². The van der Waals surface area contributed by atoms with Crippen molar-refractivity contribution in [2.75, 3.05) is 0 Å². The van der Waals surface area contributed by atoms with Gasteiger partial charge in [0.05, 0.1) is 5.02 Å². The number of benzene rings is 1. The molecule has 1 aromatic carbocycles. The van der Waals surface area contributed by atoms with E-state index in [1.807, 2.05) is 19.9 Å². The maximum absolute atomic E-state index is 6.03. The Hall–Kier alpha value is -0.750. The molecule has 0 radical (unpaired) electrons. The molecule has 0 N–H and O–H groups in total. The minimum Gasteiger partial charge on any atom is -0.0984 e. The third-order valence-electron chi connectivity index (χ3n) is 1.79. The lowest BCUT2D eigenvalue weighted by molar-refractivity contribution is 1.38. The molecule has 1 rings (SSSR count). The zero-order valence-corrected chi connectivity index (χ0v) is 7.57. The molecule has 0 aliphatic carbocycles. The van der Waals surface area contributed by atoms with Crippen molar-refractivity contribution in [3.8, 4) is 0 Å². The number of hydrogen-bond donors (Lipinski definition) is 0. The predicted molar refractivity (Wildman–Crippen MR) is 51.0 cm³/mol. The van der Waals surface area contributed by atoms with Gasteiger partial charge in [-0.05, 0) is 30.5 Å². The largest absolute Gasteiger partial charge is 0.0984 e. The molecule has 0 atom stereocenters. The fourth-order valence-corrected chi connectivity index (χ4v) is 1.34. The van der Waals surface area contributed by atoms with E-state index < -0.39 is 0 Å². The van der Waals surface area contributed by atoms with E-state index in [2.05, 4.69) is 12.6 Å². The van der Waals surface area contributed by atoms with Crippen LogP contribution in [0.1, 0.15) is 16.7 Å². The molecule has 0 bridgehead atoms. The summed E-state index contributed by atoms with van der Waals surface area (Å²) in [6, 6.07) is 4.07. The van der Waals surface area contributed by atoms with Crippen molar-refractivity contribution in [1.82, 2.24) is 0 Å². The minimum atomic E-state index is 0.819. The Kier molecular flexibility index (Phi) is 2.35. The molecule has 0 unspecified atom stereocenters. The molecular weight excluding hydrogens is 156 g/mol. The van der Waals surface area contributed by atoms with Crippen molar-refractivity contribution >= 4 is 17.7 Å². The summed E-state index contributed by atoms with van der Waals surface area (Å²) in [6.07, 6.45) is 1.80. The third kappa shape index (κ3) is 1.46. The molecule has 0 aliphatic heterocycles. The number of halogens is 1. The Labute approximate surface area is 72.5 Å². The first-order valence-electron chi connectivity index (χ1n) is 3.55. The van der Waals surface area contributed by atoms with E-state index in [-0.39, 0.29) is 0 Å². The van der Waals surface area contributed by atoms with Crippen LogP contribution in [0.3, 0.4) is 0 Å². The highest BCUT2D eigenvalue weighted by molar-refractivity contribution is 6.32. The van der Waals surface area contributed by atoms with Crippen LogP contribution in [0.2, 0.25) is 5.02 Å². The van der Waals surface area contributed by atoms with Crippen LogP contribution in [0, 0.1) is 13.8 Å². The van der Waals surface area contributed by atoms with Crippen LogP contribution >= 0.6 is 11.6 Å². The van der Waals surface area contributed by atoms with Crippen molar-refractivity contribution in [3.63, 3.8) is 0 Å². The van der Waals surface area contributed by atoms with Crippen LogP contribution in [0.4, 0.5) is 0 Å². The minimum absolute atomic E-state index is 0.819. The summed E-state index contributed by atoms with van der Waals surface area (Å²) in [5.41, 5.74) is 3.33. The molecule has 0 spiro atoms. The summed E-state index contributed by atoms with van der Waals surface area (Å²) in [7, 11) is 0. The van der Waals surface area contributed by atoms with Crippen molar-refractivity contribution < 1.29 is 0 Å². The zero-order valence-electron chi connectivity index (χ0n) is 6.82. The fraction of sp³-hybridized carbons (Fsp3) is 0.200. The molecule has 0 nitrogen and oxygen atoms in total. The second-order valence-corrected chi connectivity index (χ2v) is 3.01. The molecule has 0 aromatic heterocycles. The van der Waals surface area contributed by atoms with Gasteiger partial charge in [-0.3, -0.25) is 0 Å². The standard InChI is InChI=1S/C10H11Cl/c1-4-9-7(2)5-6-8(3)10(9)11/h4-6H,1H2,2-3H3. The Morgan fingerprint density at radius 3 is 2.27 bits per heavy atom.